The molecule has 1 N–H and O–H groups in total. The molecule has 2 rings (SSSR count). The quantitative estimate of drug-likeness (QED) is 0.901. The number of nitrogens with one attached hydrogen (secondary N) is 1. The third-order valence-electron chi connectivity index (χ3n) is 3.24. The first-order valence-corrected chi connectivity index (χ1v) is 7.40. The average Bonchev–Trinajstić information content (AvgIpc) is 2.53. The fourth-order valence-electron chi connectivity index (χ4n) is 2.01. The highest BCUT2D eigenvalue weighted by Crippen LogP contribution is 2.22. The molecule has 0 fully saturated rings. The zero-order valence-corrected chi connectivity index (χ0v) is 13.2. The minimum Gasteiger partial charge on any atom is -0.354 e. The van der Waals surface area contributed by atoms with Crippen LogP contribution in [-0.2, 0) is 0 Å². The van der Waals surface area contributed by atoms with Gasteiger partial charge in [-0.2, -0.15) is 0 Å². The van der Waals surface area contributed by atoms with Gasteiger partial charge in [0.1, 0.15) is 11.5 Å². The van der Waals surface area contributed by atoms with Gasteiger partial charge >= 0.3 is 0 Å². The summed E-state index contributed by atoms with van der Waals surface area (Å²) < 4.78 is 13.1. The third-order valence-corrected chi connectivity index (χ3v) is 3.53. The molecule has 116 valence electrons. The first-order chi connectivity index (χ1) is 10.5. The number of hydrogen-bond acceptors (Lipinski definition) is 3. The van der Waals surface area contributed by atoms with E-state index in [9.17, 15) is 9.18 Å². The predicted octanol–water partition coefficient (Wildman–Crippen LogP) is 4.10. The zero-order chi connectivity index (χ0) is 16.1. The van der Waals surface area contributed by atoms with Gasteiger partial charge in [-0.15, -0.1) is 0 Å². The van der Waals surface area contributed by atoms with Crippen LogP contribution in [0.4, 0.5) is 15.8 Å². The molecule has 0 spiro atoms. The number of aromatic nitrogens is 1. The predicted molar refractivity (Wildman–Crippen MR) is 86.2 cm³/mol. The highest BCUT2D eigenvalue weighted by atomic mass is 35.5. The molecular formula is C16H17ClFN3O. The fraction of sp³-hybridized carbons (Fsp3) is 0.250. The van der Waals surface area contributed by atoms with Gasteiger partial charge in [-0.05, 0) is 44.2 Å². The van der Waals surface area contributed by atoms with Crippen molar-refractivity contribution >= 4 is 28.9 Å². The lowest BCUT2D eigenvalue weighted by Gasteiger charge is -2.18. The average molecular weight is 322 g/mol. The first kappa shape index (κ1) is 16.2. The van der Waals surface area contributed by atoms with E-state index >= 15 is 0 Å². The minimum absolute atomic E-state index is 0.0475. The van der Waals surface area contributed by atoms with E-state index in [0.29, 0.717) is 30.2 Å². The summed E-state index contributed by atoms with van der Waals surface area (Å²) in [5.74, 6) is -0.563. The zero-order valence-electron chi connectivity index (χ0n) is 12.4. The number of halogens is 2. The van der Waals surface area contributed by atoms with E-state index in [4.69, 9.17) is 11.6 Å². The fourth-order valence-corrected chi connectivity index (χ4v) is 2.19. The van der Waals surface area contributed by atoms with Gasteiger partial charge in [0, 0.05) is 18.8 Å². The minimum atomic E-state index is -0.467. The van der Waals surface area contributed by atoms with Crippen molar-refractivity contribution in [1.29, 1.82) is 0 Å². The summed E-state index contributed by atoms with van der Waals surface area (Å²) in [6.07, 6.45) is 1.56. The number of pyridine rings is 1. The Balaban J connectivity index is 2.11. The second kappa shape index (κ2) is 7.22. The van der Waals surface area contributed by atoms with Crippen LogP contribution < -0.4 is 5.32 Å². The van der Waals surface area contributed by atoms with Gasteiger partial charge in [-0.1, -0.05) is 11.6 Å². The summed E-state index contributed by atoms with van der Waals surface area (Å²) in [5.41, 5.74) is 1.74. The molecule has 6 heteroatoms. The van der Waals surface area contributed by atoms with Crippen molar-refractivity contribution in [3.63, 3.8) is 0 Å². The van der Waals surface area contributed by atoms with E-state index < -0.39 is 5.82 Å². The van der Waals surface area contributed by atoms with E-state index in [1.54, 1.807) is 29.3 Å². The van der Waals surface area contributed by atoms with Crippen LogP contribution in [0.3, 0.4) is 0 Å². The number of anilines is 2. The number of amides is 1. The Morgan fingerprint density at radius 3 is 2.45 bits per heavy atom. The van der Waals surface area contributed by atoms with Crippen molar-refractivity contribution in [2.24, 2.45) is 0 Å². The maximum Gasteiger partial charge on any atom is 0.272 e. The normalized spacial score (nSPS) is 10.4. The van der Waals surface area contributed by atoms with Crippen molar-refractivity contribution in [3.05, 3.63) is 53.1 Å². The van der Waals surface area contributed by atoms with Crippen LogP contribution in [0.1, 0.15) is 24.3 Å². The molecule has 4 nitrogen and oxygen atoms in total. The summed E-state index contributed by atoms with van der Waals surface area (Å²) in [6.45, 7) is 5.14. The highest BCUT2D eigenvalue weighted by molar-refractivity contribution is 6.31. The molecule has 0 radical (unpaired) electrons. The molecule has 1 aromatic carbocycles. The van der Waals surface area contributed by atoms with Crippen molar-refractivity contribution in [1.82, 2.24) is 9.88 Å². The molecule has 22 heavy (non-hydrogen) atoms. The largest absolute Gasteiger partial charge is 0.354 e. The Kier molecular flexibility index (Phi) is 5.33. The van der Waals surface area contributed by atoms with Gasteiger partial charge in [-0.3, -0.25) is 4.79 Å². The van der Waals surface area contributed by atoms with E-state index in [-0.39, 0.29) is 10.9 Å². The molecular weight excluding hydrogens is 305 g/mol. The van der Waals surface area contributed by atoms with E-state index in [1.807, 2.05) is 13.8 Å². The van der Waals surface area contributed by atoms with Crippen LogP contribution in [0.15, 0.2) is 36.5 Å². The highest BCUT2D eigenvalue weighted by Gasteiger charge is 2.13. The van der Waals surface area contributed by atoms with E-state index in [1.165, 1.54) is 12.1 Å². The van der Waals surface area contributed by atoms with Gasteiger partial charge in [0.05, 0.1) is 16.9 Å². The lowest BCUT2D eigenvalue weighted by Crippen LogP contribution is -2.31. The molecule has 0 unspecified atom stereocenters. The molecule has 1 aromatic heterocycles. The summed E-state index contributed by atoms with van der Waals surface area (Å²) >= 11 is 5.73. The monoisotopic (exact) mass is 321 g/mol. The van der Waals surface area contributed by atoms with Crippen molar-refractivity contribution in [2.75, 3.05) is 18.4 Å². The van der Waals surface area contributed by atoms with Crippen molar-refractivity contribution in [3.8, 4) is 0 Å². The maximum absolute atomic E-state index is 13.1. The summed E-state index contributed by atoms with van der Waals surface area (Å²) in [6, 6.07) is 7.77. The van der Waals surface area contributed by atoms with E-state index in [0.717, 1.165) is 0 Å². The van der Waals surface area contributed by atoms with Gasteiger partial charge in [0.2, 0.25) is 0 Å². The number of carbonyl (C=O) groups is 1. The Bertz CT molecular complexity index is 657. The molecule has 1 amide bonds. The number of rotatable bonds is 5. The van der Waals surface area contributed by atoms with Crippen LogP contribution in [0.25, 0.3) is 0 Å². The Morgan fingerprint density at radius 1 is 1.23 bits per heavy atom. The molecule has 0 atom stereocenters. The van der Waals surface area contributed by atoms with Crippen LogP contribution >= 0.6 is 11.6 Å². The van der Waals surface area contributed by atoms with Crippen LogP contribution in [0, 0.1) is 5.82 Å². The summed E-state index contributed by atoms with van der Waals surface area (Å²) in [4.78, 5) is 18.0. The SMILES string of the molecule is CCN(CC)C(=O)c1ccc(Nc2ccc(F)c(Cl)c2)cn1. The molecule has 0 bridgehead atoms. The molecule has 0 aliphatic heterocycles. The molecule has 1 heterocycles. The van der Waals surface area contributed by atoms with Crippen LogP contribution in [0.2, 0.25) is 5.02 Å². The number of hydrogen-bond donors (Lipinski definition) is 1. The Morgan fingerprint density at radius 2 is 1.91 bits per heavy atom. The van der Waals surface area contributed by atoms with Crippen LogP contribution in [0.5, 0.6) is 0 Å². The van der Waals surface area contributed by atoms with Crippen molar-refractivity contribution in [2.45, 2.75) is 13.8 Å². The second-order valence-corrected chi connectivity index (χ2v) is 5.07. The number of benzene rings is 1. The number of carbonyl (C=O) groups excluding carboxylic acids is 1. The molecule has 2 aromatic rings. The van der Waals surface area contributed by atoms with Gasteiger partial charge < -0.3 is 10.2 Å². The van der Waals surface area contributed by atoms with Crippen molar-refractivity contribution < 1.29 is 9.18 Å². The molecule has 0 aliphatic rings. The molecule has 0 saturated heterocycles. The summed E-state index contributed by atoms with van der Waals surface area (Å²) in [5, 5.41) is 3.10. The van der Waals surface area contributed by atoms with E-state index in [2.05, 4.69) is 10.3 Å². The number of nitrogens with zero attached hydrogens (tertiary/aromatic N) is 2. The Labute approximate surface area is 133 Å². The van der Waals surface area contributed by atoms with Gasteiger partial charge in [0.25, 0.3) is 5.91 Å². The molecule has 0 aliphatic carbocycles. The second-order valence-electron chi connectivity index (χ2n) is 4.66. The standard InChI is InChI=1S/C16H17ClFN3O/c1-3-21(4-2)16(22)15-8-6-12(10-19-15)20-11-5-7-14(18)13(17)9-11/h5-10,20H,3-4H2,1-2H3. The van der Waals surface area contributed by atoms with Gasteiger partial charge in [0.15, 0.2) is 0 Å². The van der Waals surface area contributed by atoms with Crippen LogP contribution in [-0.4, -0.2) is 28.9 Å². The maximum atomic E-state index is 13.1. The lowest BCUT2D eigenvalue weighted by molar-refractivity contribution is 0.0767. The topological polar surface area (TPSA) is 45.2 Å². The first-order valence-electron chi connectivity index (χ1n) is 7.02. The molecule has 0 saturated carbocycles. The van der Waals surface area contributed by atoms with Gasteiger partial charge in [-0.25, -0.2) is 9.37 Å². The third kappa shape index (κ3) is 3.74. The smallest absolute Gasteiger partial charge is 0.272 e. The Hall–Kier alpha value is -2.14. The summed E-state index contributed by atoms with van der Waals surface area (Å²) in [7, 11) is 0. The lowest BCUT2D eigenvalue weighted by atomic mass is 10.2.